The molecule has 1 aliphatic heterocycles. The number of benzene rings is 1. The van der Waals surface area contributed by atoms with Crippen LogP contribution in [0.2, 0.25) is 0 Å². The monoisotopic (exact) mass is 341 g/mol. The lowest BCUT2D eigenvalue weighted by Gasteiger charge is -2.24. The summed E-state index contributed by atoms with van der Waals surface area (Å²) in [6, 6.07) is 6.71. The maximum Gasteiger partial charge on any atom is 0.326 e. The molecule has 0 spiro atoms. The highest BCUT2D eigenvalue weighted by Gasteiger charge is 2.49. The van der Waals surface area contributed by atoms with Crippen LogP contribution in [0.5, 0.6) is 0 Å². The van der Waals surface area contributed by atoms with Gasteiger partial charge in [-0.3, -0.25) is 4.79 Å². The molecule has 1 aliphatic carbocycles. The van der Waals surface area contributed by atoms with Crippen LogP contribution >= 0.6 is 0 Å². The number of aliphatic carboxylic acids is 1. The van der Waals surface area contributed by atoms with Crippen molar-refractivity contribution in [2.24, 2.45) is 11.8 Å². The van der Waals surface area contributed by atoms with Crippen molar-refractivity contribution in [1.82, 2.24) is 25.1 Å². The van der Waals surface area contributed by atoms with Crippen LogP contribution in [0.3, 0.4) is 0 Å². The molecule has 2 heterocycles. The van der Waals surface area contributed by atoms with Gasteiger partial charge in [0.25, 0.3) is 0 Å². The Labute approximate surface area is 144 Å². The first kappa shape index (κ1) is 15.7. The summed E-state index contributed by atoms with van der Waals surface area (Å²) in [6.45, 7) is 0.573. The zero-order valence-electron chi connectivity index (χ0n) is 13.7. The predicted octanol–water partition coefficient (Wildman–Crippen LogP) is 0.916. The van der Waals surface area contributed by atoms with Crippen molar-refractivity contribution in [2.75, 3.05) is 6.54 Å². The average molecular weight is 341 g/mol. The van der Waals surface area contributed by atoms with E-state index >= 15 is 0 Å². The number of fused-ring (bicyclic) bond motifs is 1. The van der Waals surface area contributed by atoms with Gasteiger partial charge in [0, 0.05) is 6.54 Å². The first-order chi connectivity index (χ1) is 12.1. The summed E-state index contributed by atoms with van der Waals surface area (Å²) < 4.78 is 1.54. The second-order valence-corrected chi connectivity index (χ2v) is 6.78. The lowest BCUT2D eigenvalue weighted by atomic mass is 9.94. The van der Waals surface area contributed by atoms with E-state index in [1.165, 1.54) is 11.0 Å². The number of likely N-dealkylation sites (tertiary alicyclic amines) is 1. The van der Waals surface area contributed by atoms with Crippen LogP contribution in [0.1, 0.15) is 24.8 Å². The van der Waals surface area contributed by atoms with Gasteiger partial charge >= 0.3 is 5.97 Å². The third-order valence-corrected chi connectivity index (χ3v) is 5.37. The van der Waals surface area contributed by atoms with Gasteiger partial charge in [-0.15, -0.1) is 5.10 Å². The van der Waals surface area contributed by atoms with Crippen molar-refractivity contribution < 1.29 is 14.7 Å². The minimum atomic E-state index is -0.878. The van der Waals surface area contributed by atoms with Gasteiger partial charge in [-0.2, -0.15) is 0 Å². The molecule has 8 heteroatoms. The molecule has 1 saturated carbocycles. The van der Waals surface area contributed by atoms with Crippen molar-refractivity contribution >= 4 is 11.9 Å². The molecule has 4 rings (SSSR count). The van der Waals surface area contributed by atoms with Gasteiger partial charge in [0.2, 0.25) is 5.91 Å². The van der Waals surface area contributed by atoms with E-state index in [0.717, 1.165) is 30.5 Å². The maximum absolute atomic E-state index is 12.7. The minimum absolute atomic E-state index is 0.114. The van der Waals surface area contributed by atoms with Crippen LogP contribution in [0.4, 0.5) is 0 Å². The maximum atomic E-state index is 12.7. The lowest BCUT2D eigenvalue weighted by molar-refractivity contribution is -0.149. The van der Waals surface area contributed by atoms with E-state index in [9.17, 15) is 14.7 Å². The van der Waals surface area contributed by atoms with E-state index < -0.39 is 12.0 Å². The highest BCUT2D eigenvalue weighted by atomic mass is 16.4. The minimum Gasteiger partial charge on any atom is -0.480 e. The van der Waals surface area contributed by atoms with Crippen LogP contribution in [-0.4, -0.2) is 54.7 Å². The van der Waals surface area contributed by atoms with Crippen molar-refractivity contribution in [3.8, 4) is 5.69 Å². The van der Waals surface area contributed by atoms with Crippen molar-refractivity contribution in [3.63, 3.8) is 0 Å². The molecule has 0 unspecified atom stereocenters. The van der Waals surface area contributed by atoms with E-state index in [-0.39, 0.29) is 18.2 Å². The summed E-state index contributed by atoms with van der Waals surface area (Å²) in [5.41, 5.74) is 1.66. The second-order valence-electron chi connectivity index (χ2n) is 6.78. The largest absolute Gasteiger partial charge is 0.480 e. The number of hydrogen-bond donors (Lipinski definition) is 1. The standard InChI is InChI=1S/C17H19N5O3/c23-15(21-9-12-2-1-3-14(12)16(21)17(24)25)8-11-4-6-13(7-5-11)22-10-18-19-20-22/h4-7,10,12,14,16H,1-3,8-9H2,(H,24,25)/t12-,14-,16+/m1/s1. The molecule has 2 aromatic rings. The SMILES string of the molecule is O=C(O)[C@@H]1[C@@H]2CCC[C@@H]2CN1C(=O)Cc1ccc(-n2cnnn2)cc1. The Hall–Kier alpha value is -2.77. The summed E-state index contributed by atoms with van der Waals surface area (Å²) in [4.78, 5) is 25.9. The molecule has 0 bridgehead atoms. The van der Waals surface area contributed by atoms with Crippen molar-refractivity contribution in [3.05, 3.63) is 36.2 Å². The Morgan fingerprint density at radius 3 is 2.68 bits per heavy atom. The van der Waals surface area contributed by atoms with Gasteiger partial charge in [-0.05, 0) is 52.8 Å². The van der Waals surface area contributed by atoms with Gasteiger partial charge in [-0.1, -0.05) is 18.6 Å². The Bertz CT molecular complexity index is 774. The number of hydrogen-bond acceptors (Lipinski definition) is 5. The van der Waals surface area contributed by atoms with Gasteiger partial charge in [-0.25, -0.2) is 9.48 Å². The molecule has 8 nitrogen and oxygen atoms in total. The summed E-state index contributed by atoms with van der Waals surface area (Å²) in [5.74, 6) is -0.537. The van der Waals surface area contributed by atoms with Crippen LogP contribution in [0, 0.1) is 11.8 Å². The van der Waals surface area contributed by atoms with Gasteiger partial charge in [0.1, 0.15) is 12.4 Å². The third-order valence-electron chi connectivity index (χ3n) is 5.37. The second kappa shape index (κ2) is 6.27. The quantitative estimate of drug-likeness (QED) is 0.887. The Morgan fingerprint density at radius 1 is 1.20 bits per heavy atom. The lowest BCUT2D eigenvalue weighted by Crippen LogP contribution is -2.43. The fraction of sp³-hybridized carbons (Fsp3) is 0.471. The zero-order chi connectivity index (χ0) is 17.4. The Kier molecular flexibility index (Phi) is 3.95. The first-order valence-corrected chi connectivity index (χ1v) is 8.48. The number of carbonyl (C=O) groups is 2. The van der Waals surface area contributed by atoms with E-state index in [4.69, 9.17) is 0 Å². The molecular weight excluding hydrogens is 322 g/mol. The third kappa shape index (κ3) is 2.88. The topological polar surface area (TPSA) is 101 Å². The average Bonchev–Trinajstić information content (AvgIpc) is 3.31. The number of carbonyl (C=O) groups excluding carboxylic acids is 1. The summed E-state index contributed by atoms with van der Waals surface area (Å²) in [6.07, 6.45) is 4.71. The molecule has 25 heavy (non-hydrogen) atoms. The summed E-state index contributed by atoms with van der Waals surface area (Å²) >= 11 is 0. The van der Waals surface area contributed by atoms with Crippen LogP contribution in [0.25, 0.3) is 5.69 Å². The number of aromatic nitrogens is 4. The summed E-state index contributed by atoms with van der Waals surface area (Å²) in [7, 11) is 0. The van der Waals surface area contributed by atoms with Crippen molar-refractivity contribution in [1.29, 1.82) is 0 Å². The van der Waals surface area contributed by atoms with E-state index in [2.05, 4.69) is 15.5 Å². The molecule has 3 atom stereocenters. The van der Waals surface area contributed by atoms with Gasteiger partial charge in [0.05, 0.1) is 12.1 Å². The molecule has 1 aromatic heterocycles. The zero-order valence-corrected chi connectivity index (χ0v) is 13.7. The van der Waals surface area contributed by atoms with E-state index in [1.54, 1.807) is 4.90 Å². The van der Waals surface area contributed by atoms with Gasteiger partial charge in [0.15, 0.2) is 0 Å². The molecule has 1 aromatic carbocycles. The molecule has 0 radical (unpaired) electrons. The number of nitrogens with zero attached hydrogens (tertiary/aromatic N) is 5. The normalized spacial score (nSPS) is 25.1. The number of amides is 1. The molecule has 1 N–H and O–H groups in total. The first-order valence-electron chi connectivity index (χ1n) is 8.48. The molecular formula is C17H19N5O3. The van der Waals surface area contributed by atoms with Crippen molar-refractivity contribution in [2.45, 2.75) is 31.7 Å². The number of tetrazole rings is 1. The van der Waals surface area contributed by atoms with E-state index in [0.29, 0.717) is 12.5 Å². The molecule has 1 amide bonds. The number of carboxylic acids is 1. The Balaban J connectivity index is 1.47. The Morgan fingerprint density at radius 2 is 2.00 bits per heavy atom. The van der Waals surface area contributed by atoms with Gasteiger partial charge < -0.3 is 10.0 Å². The molecule has 1 saturated heterocycles. The molecule has 130 valence electrons. The smallest absolute Gasteiger partial charge is 0.326 e. The molecule has 2 fully saturated rings. The highest BCUT2D eigenvalue weighted by Crippen LogP contribution is 2.42. The van der Waals surface area contributed by atoms with E-state index in [1.807, 2.05) is 24.3 Å². The number of carboxylic acid groups (broad SMARTS) is 1. The van der Waals surface area contributed by atoms with Crippen LogP contribution in [-0.2, 0) is 16.0 Å². The predicted molar refractivity (Wildman–Crippen MR) is 86.8 cm³/mol. The molecule has 2 aliphatic rings. The van der Waals surface area contributed by atoms with Crippen LogP contribution in [0.15, 0.2) is 30.6 Å². The highest BCUT2D eigenvalue weighted by molar-refractivity contribution is 5.86. The van der Waals surface area contributed by atoms with Crippen LogP contribution < -0.4 is 0 Å². The number of rotatable bonds is 4. The summed E-state index contributed by atoms with van der Waals surface area (Å²) in [5, 5.41) is 20.6. The fourth-order valence-electron chi connectivity index (χ4n) is 4.20. The fourth-order valence-corrected chi connectivity index (χ4v) is 4.20.